The summed E-state index contributed by atoms with van der Waals surface area (Å²) in [5, 5.41) is 3.11. The van der Waals surface area contributed by atoms with Crippen molar-refractivity contribution >= 4 is 0 Å². The van der Waals surface area contributed by atoms with E-state index in [4.69, 9.17) is 0 Å². The SMILES string of the molecule is CCNCC.[V]. The van der Waals surface area contributed by atoms with Gasteiger partial charge >= 0.3 is 0 Å². The fourth-order valence-electron chi connectivity index (χ4n) is 0.250. The molecule has 0 aliphatic rings. The fourth-order valence-corrected chi connectivity index (χ4v) is 0.250. The van der Waals surface area contributed by atoms with E-state index in [0.717, 1.165) is 13.1 Å². The first-order valence-corrected chi connectivity index (χ1v) is 2.12. The molecule has 0 unspecified atom stereocenters. The molecule has 0 aliphatic heterocycles. The number of rotatable bonds is 2. The quantitative estimate of drug-likeness (QED) is 0.568. The average molecular weight is 124 g/mol. The van der Waals surface area contributed by atoms with Gasteiger partial charge in [-0.3, -0.25) is 0 Å². The third-order valence-electron chi connectivity index (χ3n) is 0.500. The Morgan fingerprint density at radius 1 is 1.17 bits per heavy atom. The van der Waals surface area contributed by atoms with Gasteiger partial charge in [-0.25, -0.2) is 0 Å². The van der Waals surface area contributed by atoms with E-state index in [0.29, 0.717) is 0 Å². The predicted octanol–water partition coefficient (Wildman–Crippen LogP) is 0.613. The smallest absolute Gasteiger partial charge is 0 e. The van der Waals surface area contributed by atoms with Crippen LogP contribution in [0.5, 0.6) is 0 Å². The Labute approximate surface area is 51.4 Å². The number of hydrogen-bond donors (Lipinski definition) is 1. The van der Waals surface area contributed by atoms with Crippen LogP contribution in [0, 0.1) is 0 Å². The van der Waals surface area contributed by atoms with Crippen molar-refractivity contribution in [3.8, 4) is 0 Å². The summed E-state index contributed by atoms with van der Waals surface area (Å²) in [6, 6.07) is 0. The van der Waals surface area contributed by atoms with Crippen LogP contribution in [0.25, 0.3) is 0 Å². The molecule has 0 aromatic rings. The maximum Gasteiger partial charge on any atom is 0 e. The molecule has 0 heterocycles. The van der Waals surface area contributed by atoms with Crippen molar-refractivity contribution in [2.24, 2.45) is 0 Å². The second kappa shape index (κ2) is 9.11. The summed E-state index contributed by atoms with van der Waals surface area (Å²) < 4.78 is 0. The maximum absolute atomic E-state index is 3.11. The zero-order chi connectivity index (χ0) is 4.12. The first kappa shape index (κ1) is 9.74. The van der Waals surface area contributed by atoms with Crippen molar-refractivity contribution in [2.75, 3.05) is 13.1 Å². The largest absolute Gasteiger partial charge is 0.317 e. The molecule has 1 N–H and O–H groups in total. The fraction of sp³-hybridized carbons (Fsp3) is 1.00. The Hall–Kier alpha value is 0.544. The molecule has 0 aliphatic carbocycles. The molecule has 2 heteroatoms. The zero-order valence-corrected chi connectivity index (χ0v) is 5.76. The minimum atomic E-state index is 0. The molecule has 0 rings (SSSR count). The standard InChI is InChI=1S/C4H11N.V/c1-3-5-4-2;/h5H,3-4H2,1-2H3;. The summed E-state index contributed by atoms with van der Waals surface area (Å²) in [6.45, 7) is 6.39. The Bertz CT molecular complexity index is 15.0. The molecule has 0 bridgehead atoms. The van der Waals surface area contributed by atoms with Crippen molar-refractivity contribution in [3.63, 3.8) is 0 Å². The summed E-state index contributed by atoms with van der Waals surface area (Å²) in [7, 11) is 0. The molecule has 0 amide bonds. The zero-order valence-electron chi connectivity index (χ0n) is 4.36. The first-order chi connectivity index (χ1) is 2.41. The van der Waals surface area contributed by atoms with E-state index in [1.54, 1.807) is 0 Å². The van der Waals surface area contributed by atoms with Crippen LogP contribution >= 0.6 is 0 Å². The van der Waals surface area contributed by atoms with E-state index in [2.05, 4.69) is 19.2 Å². The summed E-state index contributed by atoms with van der Waals surface area (Å²) >= 11 is 0. The normalized spacial score (nSPS) is 7.00. The monoisotopic (exact) mass is 124 g/mol. The van der Waals surface area contributed by atoms with Crippen molar-refractivity contribution in [1.29, 1.82) is 0 Å². The molecular weight excluding hydrogens is 113 g/mol. The Kier molecular flexibility index (Phi) is 14.8. The summed E-state index contributed by atoms with van der Waals surface area (Å²) in [5.74, 6) is 0. The molecule has 0 fully saturated rings. The van der Waals surface area contributed by atoms with Crippen LogP contribution in [0.2, 0.25) is 0 Å². The van der Waals surface area contributed by atoms with Crippen LogP contribution in [-0.2, 0) is 18.6 Å². The summed E-state index contributed by atoms with van der Waals surface area (Å²) in [5.41, 5.74) is 0. The number of hydrogen-bond acceptors (Lipinski definition) is 1. The van der Waals surface area contributed by atoms with E-state index < -0.39 is 0 Å². The molecule has 0 spiro atoms. The minimum Gasteiger partial charge on any atom is -0.317 e. The third kappa shape index (κ3) is 8.82. The van der Waals surface area contributed by atoms with E-state index in [1.807, 2.05) is 0 Å². The van der Waals surface area contributed by atoms with Gasteiger partial charge in [0.2, 0.25) is 0 Å². The van der Waals surface area contributed by atoms with Gasteiger partial charge in [-0.05, 0) is 13.1 Å². The van der Waals surface area contributed by atoms with Gasteiger partial charge in [0.25, 0.3) is 0 Å². The molecule has 0 atom stereocenters. The van der Waals surface area contributed by atoms with Crippen LogP contribution in [0.3, 0.4) is 0 Å². The predicted molar refractivity (Wildman–Crippen MR) is 24.2 cm³/mol. The molecule has 1 nitrogen and oxygen atoms in total. The van der Waals surface area contributed by atoms with E-state index in [1.165, 1.54) is 0 Å². The van der Waals surface area contributed by atoms with Crippen LogP contribution in [0.4, 0.5) is 0 Å². The van der Waals surface area contributed by atoms with E-state index in [-0.39, 0.29) is 18.6 Å². The molecule has 0 saturated carbocycles. The van der Waals surface area contributed by atoms with Crippen molar-refractivity contribution in [2.45, 2.75) is 13.8 Å². The van der Waals surface area contributed by atoms with Gasteiger partial charge in [0.15, 0.2) is 0 Å². The maximum atomic E-state index is 3.11. The molecule has 0 aromatic carbocycles. The van der Waals surface area contributed by atoms with Crippen molar-refractivity contribution in [1.82, 2.24) is 5.32 Å². The van der Waals surface area contributed by atoms with Gasteiger partial charge in [0.05, 0.1) is 0 Å². The molecular formula is C4H11NV. The summed E-state index contributed by atoms with van der Waals surface area (Å²) in [4.78, 5) is 0. The van der Waals surface area contributed by atoms with Gasteiger partial charge in [0.1, 0.15) is 0 Å². The van der Waals surface area contributed by atoms with E-state index in [9.17, 15) is 0 Å². The van der Waals surface area contributed by atoms with Crippen LogP contribution in [-0.4, -0.2) is 13.1 Å². The van der Waals surface area contributed by atoms with Crippen LogP contribution in [0.1, 0.15) is 13.8 Å². The van der Waals surface area contributed by atoms with Gasteiger partial charge in [-0.1, -0.05) is 13.8 Å². The average Bonchev–Trinajstić information content (AvgIpc) is 1.41. The first-order valence-electron chi connectivity index (χ1n) is 2.12. The van der Waals surface area contributed by atoms with Gasteiger partial charge in [0, 0.05) is 18.6 Å². The van der Waals surface area contributed by atoms with Crippen LogP contribution < -0.4 is 5.32 Å². The van der Waals surface area contributed by atoms with Gasteiger partial charge in [-0.2, -0.15) is 0 Å². The topological polar surface area (TPSA) is 12.0 Å². The van der Waals surface area contributed by atoms with Gasteiger partial charge in [-0.15, -0.1) is 0 Å². The molecule has 0 aromatic heterocycles. The van der Waals surface area contributed by atoms with E-state index >= 15 is 0 Å². The Balaban J connectivity index is 0. The third-order valence-corrected chi connectivity index (χ3v) is 0.500. The van der Waals surface area contributed by atoms with Crippen LogP contribution in [0.15, 0.2) is 0 Å². The molecule has 6 heavy (non-hydrogen) atoms. The minimum absolute atomic E-state index is 0. The Morgan fingerprint density at radius 3 is 1.50 bits per heavy atom. The molecule has 1 radical (unpaired) electrons. The second-order valence-corrected chi connectivity index (χ2v) is 0.957. The van der Waals surface area contributed by atoms with Gasteiger partial charge < -0.3 is 5.32 Å². The van der Waals surface area contributed by atoms with Crippen molar-refractivity contribution in [3.05, 3.63) is 0 Å². The second-order valence-electron chi connectivity index (χ2n) is 0.957. The Morgan fingerprint density at radius 2 is 1.50 bits per heavy atom. The van der Waals surface area contributed by atoms with Crippen molar-refractivity contribution < 1.29 is 18.6 Å². The molecule has 37 valence electrons. The summed E-state index contributed by atoms with van der Waals surface area (Å²) in [6.07, 6.45) is 0. The molecule has 0 saturated heterocycles. The number of nitrogens with one attached hydrogen (secondary N) is 1.